The number of aliphatic hydroxyl groups excluding tert-OH is 1. The fraction of sp³-hybridized carbons (Fsp3) is 0.875. The summed E-state index contributed by atoms with van der Waals surface area (Å²) in [4.78, 5) is 10.9. The maximum atomic E-state index is 10.9. The lowest BCUT2D eigenvalue weighted by Crippen LogP contribution is -2.45. The van der Waals surface area contributed by atoms with Crippen molar-refractivity contribution in [1.82, 2.24) is 5.32 Å². The Hall–Kier alpha value is -0.650. The molecule has 5 nitrogen and oxygen atoms in total. The first-order chi connectivity index (χ1) is 6.03. The Balaban J connectivity index is 2.29. The van der Waals surface area contributed by atoms with Crippen LogP contribution in [0.25, 0.3) is 0 Å². The zero-order chi connectivity index (χ0) is 9.90. The molecule has 0 aliphatic carbocycles. The highest BCUT2D eigenvalue weighted by molar-refractivity contribution is 5.80. The van der Waals surface area contributed by atoms with Crippen molar-refractivity contribution >= 4 is 5.91 Å². The molecule has 0 spiro atoms. The quantitative estimate of drug-likeness (QED) is 0.512. The maximum Gasteiger partial charge on any atom is 0.248 e. The average molecular weight is 189 g/mol. The second kappa shape index (κ2) is 4.04. The molecule has 1 amide bonds. The molecule has 0 aromatic heterocycles. The van der Waals surface area contributed by atoms with Gasteiger partial charge in [0.25, 0.3) is 0 Å². The van der Waals surface area contributed by atoms with E-state index in [0.717, 1.165) is 0 Å². The highest BCUT2D eigenvalue weighted by Gasteiger charge is 2.32. The van der Waals surface area contributed by atoms with Gasteiger partial charge in [0.1, 0.15) is 11.7 Å². The number of ether oxygens (including phenoxy) is 1. The van der Waals surface area contributed by atoms with Crippen molar-refractivity contribution in [3.63, 3.8) is 0 Å². The number of aliphatic hydroxyl groups is 2. The van der Waals surface area contributed by atoms with Crippen LogP contribution in [0.4, 0.5) is 0 Å². The van der Waals surface area contributed by atoms with Crippen molar-refractivity contribution in [3.05, 3.63) is 0 Å². The summed E-state index contributed by atoms with van der Waals surface area (Å²) in [5.41, 5.74) is -0.954. The predicted octanol–water partition coefficient (Wildman–Crippen LogP) is -1.37. The van der Waals surface area contributed by atoms with E-state index in [4.69, 9.17) is 9.84 Å². The van der Waals surface area contributed by atoms with Crippen molar-refractivity contribution in [2.45, 2.75) is 25.0 Å². The molecule has 3 N–H and O–H groups in total. The first kappa shape index (κ1) is 10.4. The second-order valence-electron chi connectivity index (χ2n) is 3.42. The molecule has 1 rings (SSSR count). The molecule has 76 valence electrons. The molecule has 0 saturated carbocycles. The minimum Gasteiger partial charge on any atom is -0.386 e. The van der Waals surface area contributed by atoms with E-state index in [-0.39, 0.29) is 13.2 Å². The van der Waals surface area contributed by atoms with Crippen LogP contribution in [0, 0.1) is 0 Å². The molecule has 0 aromatic rings. The standard InChI is InChI=1S/C8H15NO4/c1-6(10)7(11)9-4-8(12)2-3-13-5-8/h6,10,12H,2-5H2,1H3,(H,9,11)/t6-,8?/m1/s1. The van der Waals surface area contributed by atoms with Gasteiger partial charge in [0.15, 0.2) is 0 Å². The van der Waals surface area contributed by atoms with Gasteiger partial charge < -0.3 is 20.3 Å². The molecule has 13 heavy (non-hydrogen) atoms. The van der Waals surface area contributed by atoms with Crippen LogP contribution in [0.3, 0.4) is 0 Å². The van der Waals surface area contributed by atoms with Gasteiger partial charge >= 0.3 is 0 Å². The molecule has 1 heterocycles. The van der Waals surface area contributed by atoms with E-state index in [1.165, 1.54) is 6.92 Å². The first-order valence-corrected chi connectivity index (χ1v) is 4.29. The van der Waals surface area contributed by atoms with Crippen molar-refractivity contribution < 1.29 is 19.7 Å². The highest BCUT2D eigenvalue weighted by atomic mass is 16.5. The zero-order valence-electron chi connectivity index (χ0n) is 7.62. The zero-order valence-corrected chi connectivity index (χ0v) is 7.62. The van der Waals surface area contributed by atoms with E-state index < -0.39 is 17.6 Å². The van der Waals surface area contributed by atoms with Crippen LogP contribution in [-0.4, -0.2) is 47.6 Å². The minimum absolute atomic E-state index is 0.136. The topological polar surface area (TPSA) is 78.8 Å². The Morgan fingerprint density at radius 3 is 2.92 bits per heavy atom. The molecular formula is C8H15NO4. The molecule has 1 aliphatic rings. The van der Waals surface area contributed by atoms with Gasteiger partial charge in [-0.2, -0.15) is 0 Å². The van der Waals surface area contributed by atoms with Gasteiger partial charge in [-0.05, 0) is 6.92 Å². The lowest BCUT2D eigenvalue weighted by Gasteiger charge is -2.20. The normalized spacial score (nSPS) is 30.1. The smallest absolute Gasteiger partial charge is 0.248 e. The van der Waals surface area contributed by atoms with Crippen LogP contribution >= 0.6 is 0 Å². The van der Waals surface area contributed by atoms with E-state index >= 15 is 0 Å². The summed E-state index contributed by atoms with van der Waals surface area (Å²) in [6, 6.07) is 0. The maximum absolute atomic E-state index is 10.9. The molecule has 0 aromatic carbocycles. The SMILES string of the molecule is C[C@@H](O)C(=O)NCC1(O)CCOC1. The van der Waals surface area contributed by atoms with Gasteiger partial charge in [0, 0.05) is 19.6 Å². The Bertz CT molecular complexity index is 187. The molecule has 1 unspecified atom stereocenters. The van der Waals surface area contributed by atoms with E-state index in [0.29, 0.717) is 13.0 Å². The van der Waals surface area contributed by atoms with Gasteiger partial charge in [-0.1, -0.05) is 0 Å². The number of carbonyl (C=O) groups excluding carboxylic acids is 1. The fourth-order valence-corrected chi connectivity index (χ4v) is 1.14. The van der Waals surface area contributed by atoms with Crippen molar-refractivity contribution in [3.8, 4) is 0 Å². The molecule has 0 bridgehead atoms. The second-order valence-corrected chi connectivity index (χ2v) is 3.42. The summed E-state index contributed by atoms with van der Waals surface area (Å²) in [6.07, 6.45) is -0.515. The highest BCUT2D eigenvalue weighted by Crippen LogP contribution is 2.16. The third kappa shape index (κ3) is 2.95. The molecule has 2 atom stereocenters. The monoisotopic (exact) mass is 189 g/mol. The molecular weight excluding hydrogens is 174 g/mol. The number of carbonyl (C=O) groups is 1. The number of rotatable bonds is 3. The number of hydrogen-bond donors (Lipinski definition) is 3. The van der Waals surface area contributed by atoms with Crippen molar-refractivity contribution in [2.24, 2.45) is 0 Å². The number of amides is 1. The summed E-state index contributed by atoms with van der Waals surface area (Å²) in [5, 5.41) is 21.0. The largest absolute Gasteiger partial charge is 0.386 e. The summed E-state index contributed by atoms with van der Waals surface area (Å²) < 4.78 is 4.99. The van der Waals surface area contributed by atoms with E-state index in [9.17, 15) is 9.90 Å². The van der Waals surface area contributed by atoms with Crippen LogP contribution < -0.4 is 5.32 Å². The number of nitrogens with one attached hydrogen (secondary N) is 1. The van der Waals surface area contributed by atoms with Crippen molar-refractivity contribution in [1.29, 1.82) is 0 Å². The molecule has 0 radical (unpaired) electrons. The van der Waals surface area contributed by atoms with Gasteiger partial charge in [-0.15, -0.1) is 0 Å². The summed E-state index contributed by atoms with van der Waals surface area (Å²) in [6.45, 7) is 2.27. The Morgan fingerprint density at radius 2 is 2.46 bits per heavy atom. The Labute approximate surface area is 76.7 Å². The van der Waals surface area contributed by atoms with Crippen LogP contribution in [0.2, 0.25) is 0 Å². The van der Waals surface area contributed by atoms with E-state index in [2.05, 4.69) is 5.32 Å². The van der Waals surface area contributed by atoms with Gasteiger partial charge in [-0.3, -0.25) is 4.79 Å². The van der Waals surface area contributed by atoms with Gasteiger partial charge in [0.2, 0.25) is 5.91 Å². The van der Waals surface area contributed by atoms with E-state index in [1.807, 2.05) is 0 Å². The molecule has 1 aliphatic heterocycles. The minimum atomic E-state index is -1.04. The predicted molar refractivity (Wildman–Crippen MR) is 45.1 cm³/mol. The third-order valence-electron chi connectivity index (χ3n) is 2.05. The Kier molecular flexibility index (Phi) is 3.24. The summed E-state index contributed by atoms with van der Waals surface area (Å²) in [7, 11) is 0. The van der Waals surface area contributed by atoms with Crippen LogP contribution in [-0.2, 0) is 9.53 Å². The van der Waals surface area contributed by atoms with Crippen molar-refractivity contribution in [2.75, 3.05) is 19.8 Å². The van der Waals surface area contributed by atoms with Gasteiger partial charge in [0.05, 0.1) is 6.61 Å². The molecule has 5 heteroatoms. The Morgan fingerprint density at radius 1 is 1.77 bits per heavy atom. The average Bonchev–Trinajstić information content (AvgIpc) is 2.48. The third-order valence-corrected chi connectivity index (χ3v) is 2.05. The lowest BCUT2D eigenvalue weighted by molar-refractivity contribution is -0.129. The lowest BCUT2D eigenvalue weighted by atomic mass is 10.0. The van der Waals surface area contributed by atoms with Crippen LogP contribution in [0.15, 0.2) is 0 Å². The first-order valence-electron chi connectivity index (χ1n) is 4.29. The van der Waals surface area contributed by atoms with E-state index in [1.54, 1.807) is 0 Å². The number of hydrogen-bond acceptors (Lipinski definition) is 4. The van der Waals surface area contributed by atoms with Crippen LogP contribution in [0.5, 0.6) is 0 Å². The van der Waals surface area contributed by atoms with Gasteiger partial charge in [-0.25, -0.2) is 0 Å². The summed E-state index contributed by atoms with van der Waals surface area (Å²) in [5.74, 6) is -0.472. The summed E-state index contributed by atoms with van der Waals surface area (Å²) >= 11 is 0. The molecule has 1 saturated heterocycles. The van der Waals surface area contributed by atoms with Crippen LogP contribution in [0.1, 0.15) is 13.3 Å². The molecule has 1 fully saturated rings. The fourth-order valence-electron chi connectivity index (χ4n) is 1.14.